The summed E-state index contributed by atoms with van der Waals surface area (Å²) in [5.41, 5.74) is 2.82. The number of hydrogen-bond donors (Lipinski definition) is 2. The Morgan fingerprint density at radius 2 is 1.84 bits per heavy atom. The number of benzene rings is 2. The van der Waals surface area contributed by atoms with Crippen LogP contribution in [0.3, 0.4) is 0 Å². The van der Waals surface area contributed by atoms with Crippen molar-refractivity contribution < 1.29 is 17.9 Å². The minimum absolute atomic E-state index is 0. The molecule has 0 amide bonds. The van der Waals surface area contributed by atoms with Crippen molar-refractivity contribution in [1.29, 1.82) is 0 Å². The molecular weight excluding hydrogens is 543 g/mol. The quantitative estimate of drug-likeness (QED) is 0.272. The summed E-state index contributed by atoms with van der Waals surface area (Å²) < 4.78 is 37.8. The molecule has 0 saturated heterocycles. The number of aliphatic imine (C=N–C) groups is 1. The summed E-state index contributed by atoms with van der Waals surface area (Å²) in [5, 5.41) is 6.27. The van der Waals surface area contributed by atoms with Crippen LogP contribution in [0.25, 0.3) is 0 Å². The first-order valence-electron chi connectivity index (χ1n) is 10.3. The van der Waals surface area contributed by atoms with Crippen LogP contribution < -0.4 is 24.4 Å². The summed E-state index contributed by atoms with van der Waals surface area (Å²) in [4.78, 5) is 4.56. The fourth-order valence-electron chi connectivity index (χ4n) is 3.50. The molecule has 0 radical (unpaired) electrons. The van der Waals surface area contributed by atoms with Crippen molar-refractivity contribution in [3.05, 3.63) is 53.6 Å². The van der Waals surface area contributed by atoms with Crippen LogP contribution in [0.15, 0.2) is 47.5 Å². The van der Waals surface area contributed by atoms with Crippen molar-refractivity contribution in [2.24, 2.45) is 4.99 Å². The van der Waals surface area contributed by atoms with E-state index in [4.69, 9.17) is 9.47 Å². The molecule has 2 N–H and O–H groups in total. The van der Waals surface area contributed by atoms with Gasteiger partial charge in [-0.15, -0.1) is 24.0 Å². The fraction of sp³-hybridized carbons (Fsp3) is 0.409. The normalized spacial score (nSPS) is 13.2. The molecule has 3 rings (SSSR count). The van der Waals surface area contributed by atoms with Gasteiger partial charge in [-0.25, -0.2) is 13.4 Å². The lowest BCUT2D eigenvalue weighted by Gasteiger charge is -2.20. The van der Waals surface area contributed by atoms with E-state index < -0.39 is 10.0 Å². The second-order valence-corrected chi connectivity index (χ2v) is 9.09. The molecule has 8 nitrogen and oxygen atoms in total. The number of para-hydroxylation sites is 1. The van der Waals surface area contributed by atoms with Crippen molar-refractivity contribution in [2.75, 3.05) is 43.9 Å². The zero-order valence-corrected chi connectivity index (χ0v) is 21.8. The van der Waals surface area contributed by atoms with Crippen LogP contribution in [-0.2, 0) is 23.0 Å². The number of guanidine groups is 1. The molecule has 2 aromatic carbocycles. The van der Waals surface area contributed by atoms with Gasteiger partial charge in [0.05, 0.1) is 32.2 Å². The van der Waals surface area contributed by atoms with Crippen LogP contribution in [0.5, 0.6) is 11.5 Å². The van der Waals surface area contributed by atoms with E-state index in [1.54, 1.807) is 14.2 Å². The maximum absolute atomic E-state index is 12.8. The van der Waals surface area contributed by atoms with E-state index >= 15 is 0 Å². The number of ether oxygens (including phenoxy) is 2. The maximum Gasteiger partial charge on any atom is 0.236 e. The Morgan fingerprint density at radius 1 is 1.09 bits per heavy atom. The van der Waals surface area contributed by atoms with Crippen LogP contribution >= 0.6 is 24.0 Å². The van der Waals surface area contributed by atoms with Gasteiger partial charge in [-0.2, -0.15) is 0 Å². The summed E-state index contributed by atoms with van der Waals surface area (Å²) in [7, 11) is -0.222. The number of hydrogen-bond acceptors (Lipinski definition) is 5. The monoisotopic (exact) mass is 574 g/mol. The number of nitrogens with one attached hydrogen (secondary N) is 2. The topological polar surface area (TPSA) is 92.3 Å². The van der Waals surface area contributed by atoms with E-state index in [9.17, 15) is 8.42 Å². The molecule has 176 valence electrons. The Labute approximate surface area is 207 Å². The molecular formula is C22H31IN4O4S. The van der Waals surface area contributed by atoms with E-state index in [1.165, 1.54) is 4.31 Å². The van der Waals surface area contributed by atoms with Gasteiger partial charge < -0.3 is 20.1 Å². The Kier molecular flexibility index (Phi) is 9.88. The van der Waals surface area contributed by atoms with Gasteiger partial charge in [0.2, 0.25) is 10.0 Å². The van der Waals surface area contributed by atoms with Crippen molar-refractivity contribution >= 4 is 45.6 Å². The molecule has 32 heavy (non-hydrogen) atoms. The Balaban J connectivity index is 0.00000363. The molecule has 0 saturated carbocycles. The van der Waals surface area contributed by atoms with Gasteiger partial charge in [-0.05, 0) is 42.7 Å². The summed E-state index contributed by atoms with van der Waals surface area (Å²) in [6, 6.07) is 13.3. The van der Waals surface area contributed by atoms with Gasteiger partial charge in [0.15, 0.2) is 17.5 Å². The van der Waals surface area contributed by atoms with E-state index in [0.29, 0.717) is 37.1 Å². The zero-order valence-electron chi connectivity index (χ0n) is 18.6. The fourth-order valence-corrected chi connectivity index (χ4v) is 4.92. The molecule has 0 atom stereocenters. The van der Waals surface area contributed by atoms with Gasteiger partial charge in [0, 0.05) is 19.6 Å². The van der Waals surface area contributed by atoms with Gasteiger partial charge in [-0.3, -0.25) is 4.31 Å². The zero-order chi connectivity index (χ0) is 22.3. The molecule has 0 aromatic heterocycles. The number of anilines is 1. The smallest absolute Gasteiger partial charge is 0.236 e. The second kappa shape index (κ2) is 12.1. The van der Waals surface area contributed by atoms with Crippen molar-refractivity contribution in [3.63, 3.8) is 0 Å². The molecule has 0 unspecified atom stereocenters. The minimum Gasteiger partial charge on any atom is -0.493 e. The van der Waals surface area contributed by atoms with Crippen LogP contribution in [0, 0.1) is 0 Å². The lowest BCUT2D eigenvalue weighted by atomic mass is 10.2. The van der Waals surface area contributed by atoms with Gasteiger partial charge >= 0.3 is 0 Å². The molecule has 1 aliphatic rings. The molecule has 0 bridgehead atoms. The summed E-state index contributed by atoms with van der Waals surface area (Å²) in [5.74, 6) is 1.86. The third kappa shape index (κ3) is 6.41. The van der Waals surface area contributed by atoms with Crippen molar-refractivity contribution in [2.45, 2.75) is 19.9 Å². The van der Waals surface area contributed by atoms with Crippen LogP contribution in [0.1, 0.15) is 18.1 Å². The lowest BCUT2D eigenvalue weighted by Crippen LogP contribution is -2.42. The predicted octanol–water partition coefficient (Wildman–Crippen LogP) is 2.77. The number of halogens is 1. The number of methoxy groups -OCH3 is 2. The highest BCUT2D eigenvalue weighted by molar-refractivity contribution is 14.0. The molecule has 1 aliphatic heterocycles. The largest absolute Gasteiger partial charge is 0.493 e. The highest BCUT2D eigenvalue weighted by Gasteiger charge is 2.28. The van der Waals surface area contributed by atoms with Crippen LogP contribution in [0.4, 0.5) is 5.69 Å². The average molecular weight is 574 g/mol. The highest BCUT2D eigenvalue weighted by atomic mass is 127. The third-order valence-electron chi connectivity index (χ3n) is 5.04. The number of sulfonamides is 1. The summed E-state index contributed by atoms with van der Waals surface area (Å²) in [6.45, 7) is 3.81. The Morgan fingerprint density at radius 3 is 2.56 bits per heavy atom. The van der Waals surface area contributed by atoms with E-state index in [1.807, 2.05) is 49.4 Å². The number of fused-ring (bicyclic) bond motifs is 1. The SMILES string of the molecule is CCNC(=NCc1ccc(OC)c(OC)c1)NCCS(=O)(=O)N1CCc2ccccc21.I. The van der Waals surface area contributed by atoms with Crippen LogP contribution in [0.2, 0.25) is 0 Å². The van der Waals surface area contributed by atoms with Crippen molar-refractivity contribution in [1.82, 2.24) is 10.6 Å². The van der Waals surface area contributed by atoms with Crippen molar-refractivity contribution in [3.8, 4) is 11.5 Å². The molecule has 0 aliphatic carbocycles. The van der Waals surface area contributed by atoms with E-state index in [-0.39, 0.29) is 36.3 Å². The molecule has 0 fully saturated rings. The van der Waals surface area contributed by atoms with Gasteiger partial charge in [-0.1, -0.05) is 24.3 Å². The number of rotatable bonds is 9. The summed E-state index contributed by atoms with van der Waals surface area (Å²) >= 11 is 0. The number of nitrogens with zero attached hydrogens (tertiary/aromatic N) is 2. The van der Waals surface area contributed by atoms with E-state index in [2.05, 4.69) is 15.6 Å². The second-order valence-electron chi connectivity index (χ2n) is 7.08. The molecule has 1 heterocycles. The Bertz CT molecular complexity index is 1030. The molecule has 10 heteroatoms. The minimum atomic E-state index is -3.41. The molecule has 2 aromatic rings. The Hall–Kier alpha value is -2.21. The van der Waals surface area contributed by atoms with Gasteiger partial charge in [0.1, 0.15) is 0 Å². The molecule has 0 spiro atoms. The standard InChI is InChI=1S/C22H30N4O4S.HI/c1-4-23-22(25-16-17-9-10-20(29-2)21(15-17)30-3)24-12-14-31(27,28)26-13-11-18-7-5-6-8-19(18)26;/h5-10,15H,4,11-14,16H2,1-3H3,(H2,23,24,25);1H. The first kappa shape index (κ1) is 26.0. The third-order valence-corrected chi connectivity index (χ3v) is 6.82. The van der Waals surface area contributed by atoms with E-state index in [0.717, 1.165) is 23.2 Å². The maximum atomic E-state index is 12.8. The predicted molar refractivity (Wildman–Crippen MR) is 139 cm³/mol. The van der Waals surface area contributed by atoms with Gasteiger partial charge in [0.25, 0.3) is 0 Å². The first-order valence-corrected chi connectivity index (χ1v) is 11.9. The summed E-state index contributed by atoms with van der Waals surface area (Å²) in [6.07, 6.45) is 0.748. The first-order chi connectivity index (χ1) is 15.0. The average Bonchev–Trinajstić information content (AvgIpc) is 3.22. The lowest BCUT2D eigenvalue weighted by molar-refractivity contribution is 0.354. The van der Waals surface area contributed by atoms with Crippen LogP contribution in [-0.4, -0.2) is 54.0 Å². The highest BCUT2D eigenvalue weighted by Crippen LogP contribution is 2.30.